The van der Waals surface area contributed by atoms with Crippen LogP contribution in [0.5, 0.6) is 0 Å². The lowest BCUT2D eigenvalue weighted by molar-refractivity contribution is -0.122. The molecule has 0 unspecified atom stereocenters. The molecule has 0 aromatic heterocycles. The van der Waals surface area contributed by atoms with Gasteiger partial charge in [0.15, 0.2) is 0 Å². The van der Waals surface area contributed by atoms with E-state index in [0.717, 1.165) is 29.3 Å². The highest BCUT2D eigenvalue weighted by Gasteiger charge is 2.38. The summed E-state index contributed by atoms with van der Waals surface area (Å²) in [5.74, 6) is 0.202. The highest BCUT2D eigenvalue weighted by atomic mass is 32.2. The third-order valence-electron chi connectivity index (χ3n) is 5.65. The number of carbonyl (C=O) groups excluding carboxylic acids is 2. The summed E-state index contributed by atoms with van der Waals surface area (Å²) in [7, 11) is 0. The minimum atomic E-state index is -0.231. The summed E-state index contributed by atoms with van der Waals surface area (Å²) >= 11 is 1.01. The Hall–Kier alpha value is -2.01. The van der Waals surface area contributed by atoms with Crippen molar-refractivity contribution in [3.63, 3.8) is 0 Å². The number of anilines is 1. The van der Waals surface area contributed by atoms with E-state index >= 15 is 0 Å². The lowest BCUT2D eigenvalue weighted by Gasteiger charge is -2.50. The molecule has 0 saturated carbocycles. The predicted octanol–water partition coefficient (Wildman–Crippen LogP) is 5.72. The highest BCUT2D eigenvalue weighted by molar-refractivity contribution is 8.18. The van der Waals surface area contributed by atoms with Gasteiger partial charge in [-0.15, -0.1) is 6.58 Å². The van der Waals surface area contributed by atoms with Gasteiger partial charge in [-0.1, -0.05) is 13.0 Å². The topological polar surface area (TPSA) is 40.6 Å². The van der Waals surface area contributed by atoms with E-state index in [-0.39, 0.29) is 23.2 Å². The number of imide groups is 1. The average molecular weight is 399 g/mol. The molecular weight excluding hydrogens is 368 g/mol. The third-order valence-corrected chi connectivity index (χ3v) is 6.56. The Morgan fingerprint density at radius 1 is 1.32 bits per heavy atom. The fourth-order valence-electron chi connectivity index (χ4n) is 4.67. The molecule has 2 aliphatic heterocycles. The van der Waals surface area contributed by atoms with E-state index in [4.69, 9.17) is 0 Å². The molecule has 0 aliphatic carbocycles. The number of hydrogen-bond acceptors (Lipinski definition) is 4. The maximum absolute atomic E-state index is 12.6. The van der Waals surface area contributed by atoms with Crippen LogP contribution in [0.3, 0.4) is 0 Å². The number of fused-ring (bicyclic) bond motifs is 1. The van der Waals surface area contributed by atoms with Crippen LogP contribution in [0.15, 0.2) is 29.7 Å². The van der Waals surface area contributed by atoms with Crippen molar-refractivity contribution in [2.45, 2.75) is 65.5 Å². The molecule has 0 N–H and O–H groups in total. The van der Waals surface area contributed by atoms with Gasteiger partial charge in [0.25, 0.3) is 11.1 Å². The molecule has 150 valence electrons. The van der Waals surface area contributed by atoms with E-state index in [1.165, 1.54) is 16.2 Å². The smallest absolute Gasteiger partial charge is 0.293 e. The van der Waals surface area contributed by atoms with Gasteiger partial charge < -0.3 is 4.90 Å². The van der Waals surface area contributed by atoms with E-state index in [9.17, 15) is 9.59 Å². The second kappa shape index (κ2) is 7.43. The Kier molecular flexibility index (Phi) is 5.50. The summed E-state index contributed by atoms with van der Waals surface area (Å²) in [6, 6.07) is 4.86. The molecule has 3 rings (SSSR count). The van der Waals surface area contributed by atoms with Crippen LogP contribution < -0.4 is 4.90 Å². The molecule has 1 fully saturated rings. The highest BCUT2D eigenvalue weighted by Crippen LogP contribution is 2.46. The van der Waals surface area contributed by atoms with Gasteiger partial charge in [-0.2, -0.15) is 0 Å². The molecule has 4 nitrogen and oxygen atoms in total. The Balaban J connectivity index is 2.05. The summed E-state index contributed by atoms with van der Waals surface area (Å²) in [6.45, 7) is 17.3. The molecule has 0 bridgehead atoms. The molecule has 0 spiro atoms. The molecular formula is C23H30N2O2S. The minimum absolute atomic E-state index is 0.0991. The summed E-state index contributed by atoms with van der Waals surface area (Å²) in [5, 5.41) is -0.229. The van der Waals surface area contributed by atoms with Gasteiger partial charge in [0.05, 0.1) is 4.91 Å². The molecule has 28 heavy (non-hydrogen) atoms. The Morgan fingerprint density at radius 2 is 2.00 bits per heavy atom. The van der Waals surface area contributed by atoms with Gasteiger partial charge in [0, 0.05) is 23.8 Å². The van der Waals surface area contributed by atoms with Crippen molar-refractivity contribution in [3.05, 3.63) is 46.4 Å². The van der Waals surface area contributed by atoms with E-state index in [1.807, 2.05) is 6.08 Å². The van der Waals surface area contributed by atoms with Crippen molar-refractivity contribution >= 4 is 34.7 Å². The molecule has 1 aromatic carbocycles. The van der Waals surface area contributed by atoms with Crippen molar-refractivity contribution in [1.29, 1.82) is 0 Å². The Labute approximate surface area is 172 Å². The van der Waals surface area contributed by atoms with Crippen LogP contribution in [0.2, 0.25) is 0 Å². The lowest BCUT2D eigenvalue weighted by Crippen LogP contribution is -2.51. The maximum Gasteiger partial charge on any atom is 0.293 e. The Bertz CT molecular complexity index is 870. The number of aryl methyl sites for hydroxylation is 1. The van der Waals surface area contributed by atoms with Gasteiger partial charge in [0.2, 0.25) is 0 Å². The van der Waals surface area contributed by atoms with Crippen molar-refractivity contribution in [2.24, 2.45) is 0 Å². The zero-order chi connectivity index (χ0) is 20.8. The molecule has 2 heterocycles. The maximum atomic E-state index is 12.6. The molecule has 2 aliphatic rings. The summed E-state index contributed by atoms with van der Waals surface area (Å²) in [4.78, 5) is 28.9. The van der Waals surface area contributed by atoms with Gasteiger partial charge in [-0.25, -0.2) is 0 Å². The van der Waals surface area contributed by atoms with Crippen LogP contribution in [0.25, 0.3) is 6.08 Å². The van der Waals surface area contributed by atoms with Crippen LogP contribution >= 0.6 is 11.8 Å². The van der Waals surface area contributed by atoms with Crippen LogP contribution in [-0.4, -0.2) is 34.2 Å². The first-order valence-electron chi connectivity index (χ1n) is 9.87. The zero-order valence-corrected chi connectivity index (χ0v) is 18.5. The van der Waals surface area contributed by atoms with Crippen LogP contribution in [0.1, 0.15) is 63.6 Å². The van der Waals surface area contributed by atoms with E-state index in [2.05, 4.69) is 65.2 Å². The van der Waals surface area contributed by atoms with Crippen molar-refractivity contribution in [3.8, 4) is 0 Å². The first-order chi connectivity index (χ1) is 13.1. The quantitative estimate of drug-likeness (QED) is 0.480. The minimum Gasteiger partial charge on any atom is -0.364 e. The number of amides is 2. The van der Waals surface area contributed by atoms with Crippen molar-refractivity contribution in [2.75, 3.05) is 11.4 Å². The SMILES string of the molecule is C=CCN1C(=O)S/C(=C\c2cc3c(cc2C)N(C(C)C)C(C)(C)C[C@@H]3C)C1=O. The number of rotatable bonds is 4. The number of nitrogens with zero attached hydrogens (tertiary/aromatic N) is 2. The van der Waals surface area contributed by atoms with E-state index in [0.29, 0.717) is 16.9 Å². The molecule has 5 heteroatoms. The molecule has 0 radical (unpaired) electrons. The largest absolute Gasteiger partial charge is 0.364 e. The second-order valence-corrected chi connectivity index (χ2v) is 9.72. The molecule has 1 saturated heterocycles. The fraction of sp³-hybridized carbons (Fsp3) is 0.478. The third kappa shape index (κ3) is 3.52. The number of carbonyl (C=O) groups is 2. The van der Waals surface area contributed by atoms with Crippen molar-refractivity contribution in [1.82, 2.24) is 4.90 Å². The van der Waals surface area contributed by atoms with Crippen LogP contribution in [0.4, 0.5) is 10.5 Å². The lowest BCUT2D eigenvalue weighted by atomic mass is 9.78. The van der Waals surface area contributed by atoms with Gasteiger partial charge in [-0.05, 0) is 93.6 Å². The number of hydrogen-bond donors (Lipinski definition) is 0. The number of thioether (sulfide) groups is 1. The van der Waals surface area contributed by atoms with Crippen molar-refractivity contribution < 1.29 is 9.59 Å². The molecule has 1 aromatic rings. The Morgan fingerprint density at radius 3 is 2.61 bits per heavy atom. The average Bonchev–Trinajstić information content (AvgIpc) is 2.83. The summed E-state index contributed by atoms with van der Waals surface area (Å²) < 4.78 is 0. The summed E-state index contributed by atoms with van der Waals surface area (Å²) in [6.07, 6.45) is 4.53. The predicted molar refractivity (Wildman–Crippen MR) is 119 cm³/mol. The zero-order valence-electron chi connectivity index (χ0n) is 17.7. The second-order valence-electron chi connectivity index (χ2n) is 8.73. The summed E-state index contributed by atoms with van der Waals surface area (Å²) in [5.41, 5.74) is 4.83. The normalized spacial score (nSPS) is 23.0. The standard InChI is InChI=1S/C23H30N2O2S/c1-8-9-24-21(26)20(28-22(24)27)12-17-11-18-16(5)13-23(6,7)25(14(2)3)19(18)10-15(17)4/h8,10-12,14,16H,1,9,13H2,2-7H3/b20-12-/t16-/m0/s1. The van der Waals surface area contributed by atoms with Crippen LogP contribution in [-0.2, 0) is 4.79 Å². The molecule has 2 amide bonds. The molecule has 1 atom stereocenters. The van der Waals surface area contributed by atoms with Gasteiger partial charge in [0.1, 0.15) is 0 Å². The fourth-order valence-corrected chi connectivity index (χ4v) is 5.51. The first kappa shape index (κ1) is 20.7. The van der Waals surface area contributed by atoms with E-state index < -0.39 is 0 Å². The van der Waals surface area contributed by atoms with Gasteiger partial charge in [-0.3, -0.25) is 14.5 Å². The van der Waals surface area contributed by atoms with Crippen LogP contribution in [0, 0.1) is 6.92 Å². The number of benzene rings is 1. The first-order valence-corrected chi connectivity index (χ1v) is 10.7. The van der Waals surface area contributed by atoms with Gasteiger partial charge >= 0.3 is 0 Å². The van der Waals surface area contributed by atoms with E-state index in [1.54, 1.807) is 6.08 Å². The monoisotopic (exact) mass is 398 g/mol.